The van der Waals surface area contributed by atoms with Crippen LogP contribution in [0.15, 0.2) is 33.9 Å². The van der Waals surface area contributed by atoms with Gasteiger partial charge in [0.25, 0.3) is 0 Å². The number of rotatable bonds is 8. The first-order valence-electron chi connectivity index (χ1n) is 6.75. The van der Waals surface area contributed by atoms with Gasteiger partial charge in [-0.15, -0.1) is 10.2 Å². The highest BCUT2D eigenvalue weighted by molar-refractivity contribution is 9.10. The number of aliphatic carboxylic acids is 1. The lowest BCUT2D eigenvalue weighted by Gasteiger charge is -2.08. The maximum atomic E-state index is 10.6. The third kappa shape index (κ3) is 4.74. The van der Waals surface area contributed by atoms with Gasteiger partial charge in [0, 0.05) is 16.8 Å². The average molecular weight is 386 g/mol. The van der Waals surface area contributed by atoms with Gasteiger partial charge in [0.1, 0.15) is 12.4 Å². The van der Waals surface area contributed by atoms with E-state index in [9.17, 15) is 4.79 Å². The van der Waals surface area contributed by atoms with Gasteiger partial charge in [0.05, 0.1) is 6.42 Å². The van der Waals surface area contributed by atoms with E-state index in [-0.39, 0.29) is 6.42 Å². The molecule has 0 spiro atoms. The molecule has 0 bridgehead atoms. The van der Waals surface area contributed by atoms with Gasteiger partial charge in [-0.25, -0.2) is 0 Å². The minimum atomic E-state index is -0.811. The highest BCUT2D eigenvalue weighted by atomic mass is 79.9. The molecule has 1 N–H and O–H groups in total. The fraction of sp³-hybridized carbons (Fsp3) is 0.357. The maximum absolute atomic E-state index is 10.6. The van der Waals surface area contributed by atoms with E-state index < -0.39 is 5.97 Å². The molecule has 0 saturated heterocycles. The zero-order chi connectivity index (χ0) is 15.9. The molecular formula is C14H16BrN3O3S. The van der Waals surface area contributed by atoms with Crippen LogP contribution in [-0.4, -0.2) is 31.6 Å². The molecule has 0 aliphatic carbocycles. The second-order valence-electron chi connectivity index (χ2n) is 4.38. The lowest BCUT2D eigenvalue weighted by molar-refractivity contribution is -0.136. The van der Waals surface area contributed by atoms with E-state index in [4.69, 9.17) is 9.84 Å². The molecular weight excluding hydrogens is 370 g/mol. The Morgan fingerprint density at radius 2 is 2.09 bits per heavy atom. The van der Waals surface area contributed by atoms with Crippen molar-refractivity contribution in [2.24, 2.45) is 0 Å². The van der Waals surface area contributed by atoms with Crippen LogP contribution in [0.2, 0.25) is 0 Å². The minimum absolute atomic E-state index is 0.103. The molecule has 0 fully saturated rings. The molecule has 8 heteroatoms. The maximum Gasteiger partial charge on any atom is 0.304 e. The van der Waals surface area contributed by atoms with Crippen molar-refractivity contribution in [3.05, 3.63) is 34.6 Å². The topological polar surface area (TPSA) is 77.2 Å². The lowest BCUT2D eigenvalue weighted by Crippen LogP contribution is -2.07. The number of benzene rings is 1. The third-order valence-electron chi connectivity index (χ3n) is 2.84. The molecule has 22 heavy (non-hydrogen) atoms. The van der Waals surface area contributed by atoms with Crippen LogP contribution < -0.4 is 4.74 Å². The van der Waals surface area contributed by atoms with Crippen molar-refractivity contribution in [1.29, 1.82) is 0 Å². The molecule has 2 aromatic rings. The van der Waals surface area contributed by atoms with Crippen molar-refractivity contribution >= 4 is 33.7 Å². The highest BCUT2D eigenvalue weighted by Gasteiger charge is 2.12. The van der Waals surface area contributed by atoms with Crippen LogP contribution in [0.5, 0.6) is 5.75 Å². The highest BCUT2D eigenvalue weighted by Crippen LogP contribution is 2.20. The zero-order valence-corrected chi connectivity index (χ0v) is 14.4. The summed E-state index contributed by atoms with van der Waals surface area (Å²) in [5.41, 5.74) is 0. The first-order valence-corrected chi connectivity index (χ1v) is 8.53. The Hall–Kier alpha value is -1.54. The Morgan fingerprint density at radius 3 is 2.73 bits per heavy atom. The number of nitrogens with zero attached hydrogens (tertiary/aromatic N) is 3. The molecule has 1 heterocycles. The Balaban J connectivity index is 1.97. The van der Waals surface area contributed by atoms with Crippen LogP contribution in [0.25, 0.3) is 0 Å². The minimum Gasteiger partial charge on any atom is -0.486 e. The number of ether oxygens (including phenoxy) is 1. The van der Waals surface area contributed by atoms with E-state index in [1.165, 1.54) is 11.8 Å². The molecule has 0 saturated carbocycles. The molecule has 0 radical (unpaired) electrons. The Kier molecular flexibility index (Phi) is 6.26. The summed E-state index contributed by atoms with van der Waals surface area (Å²) in [5, 5.41) is 17.6. The molecule has 0 unspecified atom stereocenters. The number of thioether (sulfide) groups is 1. The fourth-order valence-corrected chi connectivity index (χ4v) is 2.97. The van der Waals surface area contributed by atoms with Crippen molar-refractivity contribution in [2.45, 2.75) is 31.7 Å². The van der Waals surface area contributed by atoms with Crippen molar-refractivity contribution in [1.82, 2.24) is 14.8 Å². The van der Waals surface area contributed by atoms with E-state index in [1.807, 2.05) is 35.8 Å². The Bertz CT molecular complexity index is 631. The van der Waals surface area contributed by atoms with Crippen molar-refractivity contribution in [3.8, 4) is 5.75 Å². The number of halogens is 1. The van der Waals surface area contributed by atoms with Gasteiger partial charge in [0.15, 0.2) is 11.0 Å². The predicted octanol–water partition coefficient (Wildman–Crippen LogP) is 3.21. The van der Waals surface area contributed by atoms with Gasteiger partial charge in [-0.1, -0.05) is 27.7 Å². The number of hydrogen-bond acceptors (Lipinski definition) is 5. The number of carboxylic acid groups (broad SMARTS) is 1. The monoisotopic (exact) mass is 385 g/mol. The van der Waals surface area contributed by atoms with Crippen LogP contribution in [0, 0.1) is 0 Å². The number of carbonyl (C=O) groups is 1. The Labute approximate surface area is 141 Å². The molecule has 0 atom stereocenters. The van der Waals surface area contributed by atoms with E-state index in [0.717, 1.165) is 21.2 Å². The van der Waals surface area contributed by atoms with Crippen molar-refractivity contribution in [2.75, 3.05) is 5.75 Å². The largest absolute Gasteiger partial charge is 0.486 e. The first-order chi connectivity index (χ1) is 10.6. The summed E-state index contributed by atoms with van der Waals surface area (Å²) in [4.78, 5) is 10.6. The van der Waals surface area contributed by atoms with Crippen LogP contribution in [0.4, 0.5) is 0 Å². The van der Waals surface area contributed by atoms with Crippen molar-refractivity contribution < 1.29 is 14.6 Å². The summed E-state index contributed by atoms with van der Waals surface area (Å²) in [6, 6.07) is 7.57. The molecule has 0 aliphatic rings. The molecule has 6 nitrogen and oxygen atoms in total. The quantitative estimate of drug-likeness (QED) is 0.702. The molecule has 2 rings (SSSR count). The normalized spacial score (nSPS) is 10.6. The summed E-state index contributed by atoms with van der Waals surface area (Å²) in [7, 11) is 0. The van der Waals surface area contributed by atoms with Crippen molar-refractivity contribution in [3.63, 3.8) is 0 Å². The third-order valence-corrected chi connectivity index (χ3v) is 4.34. The smallest absolute Gasteiger partial charge is 0.304 e. The average Bonchev–Trinajstić information content (AvgIpc) is 2.88. The van der Waals surface area contributed by atoms with Gasteiger partial charge in [0.2, 0.25) is 0 Å². The summed E-state index contributed by atoms with van der Waals surface area (Å²) in [5.74, 6) is 1.15. The molecule has 1 aromatic carbocycles. The Morgan fingerprint density at radius 1 is 1.36 bits per heavy atom. The zero-order valence-electron chi connectivity index (χ0n) is 12.0. The molecule has 0 aliphatic heterocycles. The fourth-order valence-electron chi connectivity index (χ4n) is 1.76. The molecule has 0 amide bonds. The second-order valence-corrected chi connectivity index (χ2v) is 6.36. The van der Waals surface area contributed by atoms with Gasteiger partial charge in [-0.05, 0) is 31.2 Å². The van der Waals surface area contributed by atoms with Gasteiger partial charge in [-0.2, -0.15) is 0 Å². The van der Waals surface area contributed by atoms with E-state index >= 15 is 0 Å². The summed E-state index contributed by atoms with van der Waals surface area (Å²) in [6.07, 6.45) is 0.103. The standard InChI is InChI=1S/C14H16BrN3O3S/c1-2-18-12(9-21-11-5-3-10(15)4-6-11)16-17-14(18)22-8-7-13(19)20/h3-6H,2,7-9H2,1H3,(H,19,20). The van der Waals surface area contributed by atoms with Gasteiger partial charge >= 0.3 is 5.97 Å². The number of aromatic nitrogens is 3. The van der Waals surface area contributed by atoms with Crippen LogP contribution in [-0.2, 0) is 17.9 Å². The SMILES string of the molecule is CCn1c(COc2ccc(Br)cc2)nnc1SCCC(=O)O. The lowest BCUT2D eigenvalue weighted by atomic mass is 10.3. The summed E-state index contributed by atoms with van der Waals surface area (Å²) in [6.45, 7) is 3.02. The van der Waals surface area contributed by atoms with Crippen LogP contribution in [0.3, 0.4) is 0 Å². The van der Waals surface area contributed by atoms with E-state index in [1.54, 1.807) is 0 Å². The second kappa shape index (κ2) is 8.19. The predicted molar refractivity (Wildman–Crippen MR) is 87.1 cm³/mol. The number of hydrogen-bond donors (Lipinski definition) is 1. The van der Waals surface area contributed by atoms with Crippen LogP contribution in [0.1, 0.15) is 19.2 Å². The van der Waals surface area contributed by atoms with E-state index in [2.05, 4.69) is 26.1 Å². The summed E-state index contributed by atoms with van der Waals surface area (Å²) < 4.78 is 8.63. The van der Waals surface area contributed by atoms with Crippen LogP contribution >= 0.6 is 27.7 Å². The summed E-state index contributed by atoms with van der Waals surface area (Å²) >= 11 is 4.77. The number of carboxylic acids is 1. The first kappa shape index (κ1) is 16.8. The van der Waals surface area contributed by atoms with Gasteiger partial charge in [-0.3, -0.25) is 4.79 Å². The van der Waals surface area contributed by atoms with E-state index in [0.29, 0.717) is 18.9 Å². The molecule has 1 aromatic heterocycles. The molecule has 118 valence electrons. The van der Waals surface area contributed by atoms with Gasteiger partial charge < -0.3 is 14.4 Å².